The van der Waals surface area contributed by atoms with Crippen LogP contribution in [0.1, 0.15) is 54.8 Å². The summed E-state index contributed by atoms with van der Waals surface area (Å²) in [7, 11) is -4.82. The Morgan fingerprint density at radius 3 is 1.40 bits per heavy atom. The summed E-state index contributed by atoms with van der Waals surface area (Å²) in [6.45, 7) is -0.793. The van der Waals surface area contributed by atoms with Gasteiger partial charge in [0.1, 0.15) is 15.7 Å². The third-order valence-corrected chi connectivity index (χ3v) is 11.8. The van der Waals surface area contributed by atoms with Crippen molar-refractivity contribution in [3.8, 4) is 0 Å². The van der Waals surface area contributed by atoms with Crippen LogP contribution in [0.3, 0.4) is 0 Å². The highest BCUT2D eigenvalue weighted by molar-refractivity contribution is 14.1. The van der Waals surface area contributed by atoms with Crippen molar-refractivity contribution in [2.75, 3.05) is 13.2 Å². The zero-order valence-corrected chi connectivity index (χ0v) is 28.5. The van der Waals surface area contributed by atoms with E-state index >= 15 is 0 Å². The Balaban J connectivity index is 1.35. The molecule has 0 aromatic heterocycles. The summed E-state index contributed by atoms with van der Waals surface area (Å²) in [4.78, 5) is 25.6. The fourth-order valence-corrected chi connectivity index (χ4v) is 10.5. The first-order valence-electron chi connectivity index (χ1n) is 13.7. The molecule has 2 atom stereocenters. The highest BCUT2D eigenvalue weighted by Crippen LogP contribution is 2.58. The number of hydrogen-bond donors (Lipinski definition) is 0. The first-order chi connectivity index (χ1) is 22.2. The van der Waals surface area contributed by atoms with Gasteiger partial charge in [-0.05, 0) is 79.6 Å². The molecule has 0 amide bonds. The number of carbonyl (C=O) groups is 2. The van der Waals surface area contributed by atoms with Crippen LogP contribution in [-0.2, 0) is 19.6 Å². The number of carbonyl (C=O) groups excluding carboxylic acids is 2. The van der Waals surface area contributed by atoms with Crippen LogP contribution in [0.25, 0.3) is 0 Å². The third-order valence-electron chi connectivity index (χ3n) is 8.45. The van der Waals surface area contributed by atoms with Crippen LogP contribution in [-0.4, -0.2) is 38.1 Å². The maximum absolute atomic E-state index is 14.4. The molecule has 0 aliphatic heterocycles. The van der Waals surface area contributed by atoms with Crippen molar-refractivity contribution in [2.24, 2.45) is 11.8 Å². The summed E-state index contributed by atoms with van der Waals surface area (Å²) in [6, 6.07) is 17.3. The predicted octanol–water partition coefficient (Wildman–Crippen LogP) is 7.03. The molecule has 4 aromatic rings. The van der Waals surface area contributed by atoms with Gasteiger partial charge in [0.2, 0.25) is 5.82 Å². The van der Waals surface area contributed by atoms with E-state index in [1.54, 1.807) is 45.2 Å². The maximum Gasteiger partial charge on any atom is 0.344 e. The van der Waals surface area contributed by atoms with Gasteiger partial charge in [0.05, 0.1) is 23.7 Å². The molecule has 2 unspecified atom stereocenters. The van der Waals surface area contributed by atoms with Gasteiger partial charge in [-0.1, -0.05) is 48.5 Å². The van der Waals surface area contributed by atoms with Crippen LogP contribution >= 0.6 is 45.2 Å². The highest BCUT2D eigenvalue weighted by atomic mass is 127. The van der Waals surface area contributed by atoms with Gasteiger partial charge in [-0.25, -0.2) is 40.0 Å². The first kappa shape index (κ1) is 33.7. The standard InChI is InChI=1S/C32H19F5I2O7S/c33-25-24(26(34)28(36)29(37)27(25)35)32(41)46-12-19-18(11-45-31(40)13-9-20(38)30(21(39)10-13)47(42,43)44)22-14-5-1-3-7-16(14)23(19)17-8-4-2-6-15(17)22/h1-10,18-19,22-23H,11-12H2,(H,42,43,44)/p-1. The minimum absolute atomic E-state index is 0.0222. The molecule has 7 nitrogen and oxygen atoms in total. The summed E-state index contributed by atoms with van der Waals surface area (Å²) in [5, 5.41) is 0. The van der Waals surface area contributed by atoms with E-state index in [-0.39, 0.29) is 19.3 Å². The molecule has 0 heterocycles. The molecule has 0 radical (unpaired) electrons. The van der Waals surface area contributed by atoms with Gasteiger partial charge in [-0.3, -0.25) is 0 Å². The number of halogens is 7. The second-order valence-electron chi connectivity index (χ2n) is 10.9. The van der Waals surface area contributed by atoms with E-state index in [4.69, 9.17) is 9.47 Å². The van der Waals surface area contributed by atoms with E-state index in [1.165, 1.54) is 12.1 Å². The van der Waals surface area contributed by atoms with Crippen molar-refractivity contribution < 1.29 is 54.0 Å². The Morgan fingerprint density at radius 2 is 1.02 bits per heavy atom. The first-order valence-corrected chi connectivity index (χ1v) is 17.3. The quantitative estimate of drug-likeness (QED) is 0.0490. The van der Waals surface area contributed by atoms with Crippen molar-refractivity contribution >= 4 is 67.2 Å². The average molecular weight is 895 g/mol. The molecular weight excluding hydrogens is 877 g/mol. The van der Waals surface area contributed by atoms with Gasteiger partial charge in [0.15, 0.2) is 23.3 Å². The number of esters is 2. The van der Waals surface area contributed by atoms with Crippen LogP contribution in [0, 0.1) is 48.1 Å². The lowest BCUT2D eigenvalue weighted by atomic mass is 9.54. The van der Waals surface area contributed by atoms with Crippen molar-refractivity contribution in [3.63, 3.8) is 0 Å². The molecule has 47 heavy (non-hydrogen) atoms. The minimum atomic E-state index is -4.82. The lowest BCUT2D eigenvalue weighted by Gasteiger charge is -2.50. The van der Waals surface area contributed by atoms with Crippen LogP contribution in [0.15, 0.2) is 65.6 Å². The predicted molar refractivity (Wildman–Crippen MR) is 170 cm³/mol. The number of rotatable bonds is 7. The normalized spacial score (nSPS) is 19.6. The number of hydrogen-bond acceptors (Lipinski definition) is 7. The summed E-state index contributed by atoms with van der Waals surface area (Å²) < 4.78 is 116. The molecule has 244 valence electrons. The minimum Gasteiger partial charge on any atom is -0.744 e. The van der Waals surface area contributed by atoms with Crippen molar-refractivity contribution in [1.82, 2.24) is 0 Å². The zero-order valence-electron chi connectivity index (χ0n) is 23.4. The molecule has 0 fully saturated rings. The van der Waals surface area contributed by atoms with Crippen LogP contribution in [0.5, 0.6) is 0 Å². The average Bonchev–Trinajstić information content (AvgIpc) is 3.03. The van der Waals surface area contributed by atoms with E-state index in [1.807, 2.05) is 48.5 Å². The molecular formula is C32H18F5I2O7S-. The fourth-order valence-electron chi connectivity index (χ4n) is 6.55. The lowest BCUT2D eigenvalue weighted by Crippen LogP contribution is -2.44. The Bertz CT molecular complexity index is 1990. The molecule has 4 aromatic carbocycles. The van der Waals surface area contributed by atoms with Gasteiger partial charge in [0, 0.05) is 30.8 Å². The van der Waals surface area contributed by atoms with Gasteiger partial charge in [-0.2, -0.15) is 0 Å². The number of ether oxygens (including phenoxy) is 2. The molecule has 15 heteroatoms. The molecule has 0 saturated carbocycles. The monoisotopic (exact) mass is 895 g/mol. The SMILES string of the molecule is O=C(OCC1C2c3ccccc3C(c3ccccc32)C1COC(=O)c1c(F)c(F)c(F)c(F)c1F)c1cc(I)c(S(=O)(=O)[O-])c(I)c1. The van der Waals surface area contributed by atoms with Crippen molar-refractivity contribution in [2.45, 2.75) is 16.7 Å². The molecule has 0 N–H and O–H groups in total. The smallest absolute Gasteiger partial charge is 0.344 e. The van der Waals surface area contributed by atoms with Crippen LogP contribution in [0.4, 0.5) is 22.0 Å². The fraction of sp³-hybridized carbons (Fsp3) is 0.188. The Morgan fingerprint density at radius 1 is 0.660 bits per heavy atom. The van der Waals surface area contributed by atoms with E-state index in [2.05, 4.69) is 0 Å². The molecule has 0 spiro atoms. The highest BCUT2D eigenvalue weighted by Gasteiger charge is 2.50. The molecule has 7 rings (SSSR count). The van der Waals surface area contributed by atoms with E-state index in [0.717, 1.165) is 22.3 Å². The largest absolute Gasteiger partial charge is 0.744 e. The summed E-state index contributed by atoms with van der Waals surface area (Å²) >= 11 is 3.26. The van der Waals surface area contributed by atoms with Crippen LogP contribution in [0.2, 0.25) is 0 Å². The summed E-state index contributed by atoms with van der Waals surface area (Å²) in [6.07, 6.45) is 0. The maximum atomic E-state index is 14.4. The van der Waals surface area contributed by atoms with E-state index in [0.29, 0.717) is 0 Å². The van der Waals surface area contributed by atoms with E-state index < -0.39 is 91.9 Å². The number of fused-ring (bicyclic) bond motifs is 1. The van der Waals surface area contributed by atoms with Gasteiger partial charge < -0.3 is 14.0 Å². The second-order valence-corrected chi connectivity index (χ2v) is 14.5. The third kappa shape index (κ3) is 5.82. The molecule has 0 saturated heterocycles. The number of benzene rings is 4. The van der Waals surface area contributed by atoms with Gasteiger partial charge in [-0.15, -0.1) is 0 Å². The summed E-state index contributed by atoms with van der Waals surface area (Å²) in [5.74, 6) is -16.4. The topological polar surface area (TPSA) is 110 Å². The Kier molecular flexibility index (Phi) is 9.12. The van der Waals surface area contributed by atoms with Crippen molar-refractivity contribution in [1.29, 1.82) is 0 Å². The van der Waals surface area contributed by atoms with Gasteiger partial charge in [0.25, 0.3) is 0 Å². The Hall–Kier alpha value is -3.16. The van der Waals surface area contributed by atoms with E-state index in [9.17, 15) is 44.5 Å². The second kappa shape index (κ2) is 12.7. The van der Waals surface area contributed by atoms with Gasteiger partial charge >= 0.3 is 11.9 Å². The molecule has 2 bridgehead atoms. The lowest BCUT2D eigenvalue weighted by molar-refractivity contribution is 0.0110. The Labute approximate surface area is 291 Å². The zero-order chi connectivity index (χ0) is 33.9. The molecule has 3 aliphatic rings. The van der Waals surface area contributed by atoms with Crippen LogP contribution < -0.4 is 0 Å². The van der Waals surface area contributed by atoms with Crippen molar-refractivity contribution in [3.05, 3.63) is 130 Å². The molecule has 3 aliphatic carbocycles. The summed E-state index contributed by atoms with van der Waals surface area (Å²) in [5.41, 5.74) is 1.81.